The molecule has 146 valence electrons. The Balaban J connectivity index is 1.71. The van der Waals surface area contributed by atoms with Crippen LogP contribution in [0.1, 0.15) is 35.6 Å². The van der Waals surface area contributed by atoms with E-state index in [0.717, 1.165) is 11.4 Å². The van der Waals surface area contributed by atoms with Crippen molar-refractivity contribution in [3.05, 3.63) is 41.2 Å². The molecule has 1 aliphatic rings. The average Bonchev–Trinajstić information content (AvgIpc) is 3.22. The minimum Gasteiger partial charge on any atom is -0.490 e. The zero-order chi connectivity index (χ0) is 19.4. The Morgan fingerprint density at radius 2 is 1.96 bits per heavy atom. The van der Waals surface area contributed by atoms with Crippen LogP contribution < -0.4 is 9.47 Å². The molecule has 7 heteroatoms. The van der Waals surface area contributed by atoms with Gasteiger partial charge in [-0.2, -0.15) is 5.10 Å². The number of aryl methyl sites for hydroxylation is 1. The molecule has 1 aromatic carbocycles. The van der Waals surface area contributed by atoms with Crippen molar-refractivity contribution in [3.8, 4) is 11.5 Å². The second-order valence-electron chi connectivity index (χ2n) is 6.81. The van der Waals surface area contributed by atoms with Crippen molar-refractivity contribution in [3.63, 3.8) is 0 Å². The number of nitrogens with zero attached hydrogens (tertiary/aromatic N) is 2. The summed E-state index contributed by atoms with van der Waals surface area (Å²) in [5.74, 6) is 1.06. The molecule has 0 aliphatic carbocycles. The number of benzene rings is 1. The lowest BCUT2D eigenvalue weighted by Crippen LogP contribution is -2.29. The molecule has 0 bridgehead atoms. The number of likely N-dealkylation sites (tertiary alicyclic amines) is 1. The van der Waals surface area contributed by atoms with Crippen LogP contribution in [-0.4, -0.2) is 58.5 Å². The average molecular weight is 373 g/mol. The Kier molecular flexibility index (Phi) is 6.01. The van der Waals surface area contributed by atoms with Crippen LogP contribution in [0.25, 0.3) is 0 Å². The summed E-state index contributed by atoms with van der Waals surface area (Å²) < 4.78 is 11.2. The summed E-state index contributed by atoms with van der Waals surface area (Å²) in [6.07, 6.45) is 0.0861. The maximum absolute atomic E-state index is 12.9. The number of aromatic nitrogens is 2. The lowest BCUT2D eigenvalue weighted by molar-refractivity contribution is 0.0764. The molecular weight excluding hydrogens is 346 g/mol. The number of aromatic amines is 1. The van der Waals surface area contributed by atoms with Gasteiger partial charge in [0.15, 0.2) is 11.5 Å². The zero-order valence-electron chi connectivity index (χ0n) is 16.1. The topological polar surface area (TPSA) is 87.7 Å². The summed E-state index contributed by atoms with van der Waals surface area (Å²) in [5.41, 5.74) is 2.43. The van der Waals surface area contributed by atoms with Crippen LogP contribution in [0.2, 0.25) is 0 Å². The Hall–Kier alpha value is -2.54. The van der Waals surface area contributed by atoms with Crippen LogP contribution in [0.5, 0.6) is 11.5 Å². The zero-order valence-corrected chi connectivity index (χ0v) is 16.1. The van der Waals surface area contributed by atoms with E-state index in [9.17, 15) is 9.90 Å². The number of aliphatic hydroxyl groups is 1. The van der Waals surface area contributed by atoms with Crippen molar-refractivity contribution in [2.75, 3.05) is 26.3 Å². The van der Waals surface area contributed by atoms with Gasteiger partial charge in [-0.15, -0.1) is 0 Å². The van der Waals surface area contributed by atoms with Gasteiger partial charge < -0.3 is 19.5 Å². The maximum Gasteiger partial charge on any atom is 0.254 e. The molecule has 2 atom stereocenters. The molecular formula is C20H27N3O4. The summed E-state index contributed by atoms with van der Waals surface area (Å²) in [7, 11) is 0. The number of ether oxygens (including phenoxy) is 2. The number of aliphatic hydroxyl groups excluding tert-OH is 1. The van der Waals surface area contributed by atoms with Gasteiger partial charge in [0.2, 0.25) is 0 Å². The highest BCUT2D eigenvalue weighted by Crippen LogP contribution is 2.30. The number of hydrogen-bond donors (Lipinski definition) is 2. The van der Waals surface area contributed by atoms with Crippen molar-refractivity contribution < 1.29 is 19.4 Å². The van der Waals surface area contributed by atoms with Crippen LogP contribution in [0.15, 0.2) is 24.3 Å². The molecule has 0 unspecified atom stereocenters. The summed E-state index contributed by atoms with van der Waals surface area (Å²) in [4.78, 5) is 14.6. The first-order valence-corrected chi connectivity index (χ1v) is 9.39. The van der Waals surface area contributed by atoms with Gasteiger partial charge in [-0.05, 0) is 51.5 Å². The van der Waals surface area contributed by atoms with Crippen molar-refractivity contribution in [1.82, 2.24) is 15.1 Å². The quantitative estimate of drug-likeness (QED) is 0.777. The van der Waals surface area contributed by atoms with Crippen molar-refractivity contribution in [2.45, 2.75) is 33.3 Å². The van der Waals surface area contributed by atoms with E-state index in [1.807, 2.05) is 26.8 Å². The van der Waals surface area contributed by atoms with Gasteiger partial charge in [-0.25, -0.2) is 0 Å². The van der Waals surface area contributed by atoms with Gasteiger partial charge in [0, 0.05) is 30.3 Å². The predicted octanol–water partition coefficient (Wildman–Crippen LogP) is 2.19. The fourth-order valence-corrected chi connectivity index (χ4v) is 3.43. The summed E-state index contributed by atoms with van der Waals surface area (Å²) in [6.45, 7) is 7.58. The Labute approximate surface area is 159 Å². The van der Waals surface area contributed by atoms with Gasteiger partial charge in [-0.3, -0.25) is 9.89 Å². The SMILES string of the molecule is CCOc1ccc(C(=O)N2C[C@@H](Cc3cc(C)[nH]n3)[C@@H](O)C2)cc1OCC. The molecule has 0 radical (unpaired) electrons. The van der Waals surface area contributed by atoms with E-state index in [-0.39, 0.29) is 11.8 Å². The largest absolute Gasteiger partial charge is 0.490 e. The molecule has 2 N–H and O–H groups in total. The van der Waals surface area contributed by atoms with Crippen LogP contribution in [-0.2, 0) is 6.42 Å². The van der Waals surface area contributed by atoms with Gasteiger partial charge >= 0.3 is 0 Å². The predicted molar refractivity (Wildman–Crippen MR) is 101 cm³/mol. The first-order chi connectivity index (χ1) is 13.0. The van der Waals surface area contributed by atoms with Crippen LogP contribution in [0.3, 0.4) is 0 Å². The van der Waals surface area contributed by atoms with E-state index in [1.165, 1.54) is 0 Å². The van der Waals surface area contributed by atoms with E-state index in [2.05, 4.69) is 10.2 Å². The Morgan fingerprint density at radius 1 is 1.22 bits per heavy atom. The first kappa shape index (κ1) is 19.2. The minimum atomic E-state index is -0.556. The Morgan fingerprint density at radius 3 is 2.63 bits per heavy atom. The Bertz CT molecular complexity index is 789. The van der Waals surface area contributed by atoms with Gasteiger partial charge in [-0.1, -0.05) is 0 Å². The van der Waals surface area contributed by atoms with Crippen molar-refractivity contribution in [1.29, 1.82) is 0 Å². The monoisotopic (exact) mass is 373 g/mol. The number of nitrogens with one attached hydrogen (secondary N) is 1. The third kappa shape index (κ3) is 4.42. The van der Waals surface area contributed by atoms with E-state index in [0.29, 0.717) is 49.8 Å². The van der Waals surface area contributed by atoms with E-state index in [4.69, 9.17) is 9.47 Å². The minimum absolute atomic E-state index is 0.0225. The number of amides is 1. The molecule has 1 fully saturated rings. The van der Waals surface area contributed by atoms with Gasteiger partial charge in [0.1, 0.15) is 0 Å². The van der Waals surface area contributed by atoms with Gasteiger partial charge in [0.05, 0.1) is 25.0 Å². The highest BCUT2D eigenvalue weighted by molar-refractivity contribution is 5.95. The van der Waals surface area contributed by atoms with Gasteiger partial charge in [0.25, 0.3) is 5.91 Å². The van der Waals surface area contributed by atoms with Crippen LogP contribution in [0, 0.1) is 12.8 Å². The van der Waals surface area contributed by atoms with E-state index < -0.39 is 6.10 Å². The number of carbonyl (C=O) groups is 1. The summed E-state index contributed by atoms with van der Waals surface area (Å²) >= 11 is 0. The van der Waals surface area contributed by atoms with Crippen molar-refractivity contribution in [2.24, 2.45) is 5.92 Å². The lowest BCUT2D eigenvalue weighted by atomic mass is 10.0. The number of rotatable bonds is 7. The highest BCUT2D eigenvalue weighted by atomic mass is 16.5. The molecule has 0 spiro atoms. The molecule has 2 heterocycles. The molecule has 1 aromatic heterocycles. The number of carbonyl (C=O) groups excluding carboxylic acids is 1. The molecule has 27 heavy (non-hydrogen) atoms. The lowest BCUT2D eigenvalue weighted by Gasteiger charge is -2.18. The van der Waals surface area contributed by atoms with E-state index >= 15 is 0 Å². The highest BCUT2D eigenvalue weighted by Gasteiger charge is 2.35. The third-order valence-electron chi connectivity index (χ3n) is 4.71. The molecule has 1 saturated heterocycles. The third-order valence-corrected chi connectivity index (χ3v) is 4.71. The second kappa shape index (κ2) is 8.43. The normalized spacial score (nSPS) is 19.3. The molecule has 0 saturated carbocycles. The maximum atomic E-state index is 12.9. The van der Waals surface area contributed by atoms with Crippen molar-refractivity contribution >= 4 is 5.91 Å². The molecule has 1 aliphatic heterocycles. The summed E-state index contributed by atoms with van der Waals surface area (Å²) in [5, 5.41) is 17.5. The summed E-state index contributed by atoms with van der Waals surface area (Å²) in [6, 6.07) is 7.19. The molecule has 7 nitrogen and oxygen atoms in total. The fourth-order valence-electron chi connectivity index (χ4n) is 3.43. The smallest absolute Gasteiger partial charge is 0.254 e. The standard InChI is InChI=1S/C20H27N3O4/c1-4-26-18-7-6-14(10-19(18)27-5-2)20(25)23-11-15(17(24)12-23)9-16-8-13(3)21-22-16/h6-8,10,15,17,24H,4-5,9,11-12H2,1-3H3,(H,21,22)/t15-,17+/m1/s1. The van der Waals surface area contributed by atoms with Crippen LogP contribution in [0.4, 0.5) is 0 Å². The number of hydrogen-bond acceptors (Lipinski definition) is 5. The number of β-amino-alcohol motifs (C(OH)–C–C–N with tert-alkyl or cyclic N) is 1. The molecule has 1 amide bonds. The molecule has 3 rings (SSSR count). The second-order valence-corrected chi connectivity index (χ2v) is 6.81. The fraction of sp³-hybridized carbons (Fsp3) is 0.500. The van der Waals surface area contributed by atoms with Crippen LogP contribution >= 0.6 is 0 Å². The number of H-pyrrole nitrogens is 1. The first-order valence-electron chi connectivity index (χ1n) is 9.39. The van der Waals surface area contributed by atoms with E-state index in [1.54, 1.807) is 23.1 Å². The molecule has 2 aromatic rings.